The van der Waals surface area contributed by atoms with Crippen molar-refractivity contribution in [1.82, 2.24) is 15.0 Å². The van der Waals surface area contributed by atoms with Gasteiger partial charge in [0.1, 0.15) is 11.6 Å². The minimum Gasteiger partial charge on any atom is -0.497 e. The number of nitrogens with zero attached hydrogens (tertiary/aromatic N) is 4. The molecule has 2 aromatic heterocycles. The topological polar surface area (TPSA) is 51.1 Å². The highest BCUT2D eigenvalue weighted by Gasteiger charge is 2.32. The highest BCUT2D eigenvalue weighted by Crippen LogP contribution is 2.32. The molecule has 5 rings (SSSR count). The molecular formula is C25H24N4O. The first-order valence-corrected chi connectivity index (χ1v) is 10.3. The third-order valence-corrected chi connectivity index (χ3v) is 5.79. The molecule has 0 unspecified atom stereocenters. The zero-order chi connectivity index (χ0) is 20.3. The van der Waals surface area contributed by atoms with E-state index in [2.05, 4.69) is 51.3 Å². The van der Waals surface area contributed by atoms with Crippen molar-refractivity contribution in [2.75, 3.05) is 25.1 Å². The standard InChI is InChI=1S/C25H24N4O/c1-30-21-10-6-18(7-11-21)8-12-23-25(27-15-14-26-23)20-16-29(17-20)24-13-9-19-4-2-3-5-22(19)28-24/h2-7,9-11,13-15,20H,8,12,16-17H2,1H3. The molecule has 4 aromatic rings. The average molecular weight is 396 g/mol. The van der Waals surface area contributed by atoms with Crippen LogP contribution in [0, 0.1) is 0 Å². The number of methoxy groups -OCH3 is 1. The van der Waals surface area contributed by atoms with Crippen LogP contribution in [-0.4, -0.2) is 35.2 Å². The fourth-order valence-corrected chi connectivity index (χ4v) is 4.04. The Kier molecular flexibility index (Phi) is 5.01. The quantitative estimate of drug-likeness (QED) is 0.483. The molecule has 1 aliphatic heterocycles. The summed E-state index contributed by atoms with van der Waals surface area (Å²) >= 11 is 0. The van der Waals surface area contributed by atoms with Crippen LogP contribution in [0.5, 0.6) is 5.75 Å². The van der Waals surface area contributed by atoms with Gasteiger partial charge in [-0.2, -0.15) is 0 Å². The van der Waals surface area contributed by atoms with Crippen molar-refractivity contribution >= 4 is 16.7 Å². The lowest BCUT2D eigenvalue weighted by Gasteiger charge is -2.40. The Morgan fingerprint density at radius 2 is 1.70 bits per heavy atom. The highest BCUT2D eigenvalue weighted by atomic mass is 16.5. The van der Waals surface area contributed by atoms with Crippen molar-refractivity contribution in [1.29, 1.82) is 0 Å². The summed E-state index contributed by atoms with van der Waals surface area (Å²) in [5.41, 5.74) is 4.55. The fraction of sp³-hybridized carbons (Fsp3) is 0.240. The van der Waals surface area contributed by atoms with Gasteiger partial charge in [-0.15, -0.1) is 0 Å². The van der Waals surface area contributed by atoms with Crippen LogP contribution in [0.4, 0.5) is 5.82 Å². The van der Waals surface area contributed by atoms with E-state index in [1.54, 1.807) is 13.3 Å². The maximum absolute atomic E-state index is 5.24. The van der Waals surface area contributed by atoms with Crippen molar-refractivity contribution in [2.24, 2.45) is 0 Å². The maximum atomic E-state index is 5.24. The summed E-state index contributed by atoms with van der Waals surface area (Å²) in [4.78, 5) is 16.5. The number of aryl methyl sites for hydroxylation is 2. The van der Waals surface area contributed by atoms with Crippen molar-refractivity contribution in [3.63, 3.8) is 0 Å². The van der Waals surface area contributed by atoms with Crippen LogP contribution in [0.3, 0.4) is 0 Å². The first-order chi connectivity index (χ1) is 14.8. The van der Waals surface area contributed by atoms with Crippen LogP contribution in [0.1, 0.15) is 22.9 Å². The number of hydrogen-bond acceptors (Lipinski definition) is 5. The Morgan fingerprint density at radius 1 is 0.900 bits per heavy atom. The number of para-hydroxylation sites is 1. The Balaban J connectivity index is 1.26. The molecule has 0 amide bonds. The number of rotatable bonds is 6. The van der Waals surface area contributed by atoms with Gasteiger partial charge in [0.05, 0.1) is 24.0 Å². The molecular weight excluding hydrogens is 372 g/mol. The molecule has 0 atom stereocenters. The van der Waals surface area contributed by atoms with Crippen LogP contribution in [0.25, 0.3) is 10.9 Å². The highest BCUT2D eigenvalue weighted by molar-refractivity contribution is 5.80. The van der Waals surface area contributed by atoms with Crippen LogP contribution in [0.2, 0.25) is 0 Å². The summed E-state index contributed by atoms with van der Waals surface area (Å²) in [6, 6.07) is 20.7. The molecule has 150 valence electrons. The minimum atomic E-state index is 0.401. The molecule has 1 saturated heterocycles. The van der Waals surface area contributed by atoms with Crippen molar-refractivity contribution in [3.8, 4) is 5.75 Å². The number of ether oxygens (including phenoxy) is 1. The van der Waals surface area contributed by atoms with E-state index in [1.807, 2.05) is 30.5 Å². The van der Waals surface area contributed by atoms with Gasteiger partial charge >= 0.3 is 0 Å². The van der Waals surface area contributed by atoms with Gasteiger partial charge < -0.3 is 9.64 Å². The van der Waals surface area contributed by atoms with Crippen LogP contribution < -0.4 is 9.64 Å². The SMILES string of the molecule is COc1ccc(CCc2nccnc2C2CN(c3ccc4ccccc4n3)C2)cc1. The van der Waals surface area contributed by atoms with Gasteiger partial charge in [-0.3, -0.25) is 9.97 Å². The summed E-state index contributed by atoms with van der Waals surface area (Å²) in [6.07, 6.45) is 5.44. The molecule has 5 nitrogen and oxygen atoms in total. The summed E-state index contributed by atoms with van der Waals surface area (Å²) in [7, 11) is 1.69. The molecule has 3 heterocycles. The summed E-state index contributed by atoms with van der Waals surface area (Å²) in [5, 5.41) is 1.17. The summed E-state index contributed by atoms with van der Waals surface area (Å²) in [6.45, 7) is 1.86. The Morgan fingerprint density at radius 3 is 2.53 bits per heavy atom. The second kappa shape index (κ2) is 8.11. The summed E-state index contributed by atoms with van der Waals surface area (Å²) in [5.74, 6) is 2.32. The van der Waals surface area contributed by atoms with E-state index in [9.17, 15) is 0 Å². The van der Waals surface area contributed by atoms with Crippen LogP contribution in [0.15, 0.2) is 73.1 Å². The molecule has 30 heavy (non-hydrogen) atoms. The molecule has 1 fully saturated rings. The zero-order valence-corrected chi connectivity index (χ0v) is 17.0. The first-order valence-electron chi connectivity index (χ1n) is 10.3. The first kappa shape index (κ1) is 18.6. The van der Waals surface area contributed by atoms with Gasteiger partial charge in [-0.1, -0.05) is 30.3 Å². The Bertz CT molecular complexity index is 1150. The Hall–Kier alpha value is -3.47. The lowest BCUT2D eigenvalue weighted by Crippen LogP contribution is -2.46. The minimum absolute atomic E-state index is 0.401. The van der Waals surface area contributed by atoms with E-state index in [1.165, 1.54) is 10.9 Å². The largest absolute Gasteiger partial charge is 0.497 e. The molecule has 0 radical (unpaired) electrons. The molecule has 0 aliphatic carbocycles. The van der Waals surface area contributed by atoms with E-state index in [-0.39, 0.29) is 0 Å². The van der Waals surface area contributed by atoms with Gasteiger partial charge in [0.2, 0.25) is 0 Å². The molecule has 0 N–H and O–H groups in total. The molecule has 0 saturated carbocycles. The van der Waals surface area contributed by atoms with Crippen LogP contribution >= 0.6 is 0 Å². The van der Waals surface area contributed by atoms with E-state index >= 15 is 0 Å². The van der Waals surface area contributed by atoms with Crippen molar-refractivity contribution in [3.05, 3.63) is 90.0 Å². The fourth-order valence-electron chi connectivity index (χ4n) is 4.04. The lowest BCUT2D eigenvalue weighted by molar-refractivity contribution is 0.414. The number of pyridine rings is 1. The smallest absolute Gasteiger partial charge is 0.129 e. The van der Waals surface area contributed by atoms with E-state index in [0.29, 0.717) is 5.92 Å². The predicted molar refractivity (Wildman–Crippen MR) is 119 cm³/mol. The van der Waals surface area contributed by atoms with Crippen LogP contribution in [-0.2, 0) is 12.8 Å². The third kappa shape index (κ3) is 3.71. The average Bonchev–Trinajstić information content (AvgIpc) is 2.78. The number of fused-ring (bicyclic) bond motifs is 1. The number of hydrogen-bond donors (Lipinski definition) is 0. The van der Waals surface area contributed by atoms with Gasteiger partial charge in [-0.25, -0.2) is 4.98 Å². The van der Waals surface area contributed by atoms with E-state index < -0.39 is 0 Å². The normalized spacial score (nSPS) is 14.0. The number of benzene rings is 2. The number of aromatic nitrogens is 3. The van der Waals surface area contributed by atoms with Crippen molar-refractivity contribution < 1.29 is 4.74 Å². The molecule has 1 aliphatic rings. The van der Waals surface area contributed by atoms with Crippen molar-refractivity contribution in [2.45, 2.75) is 18.8 Å². The molecule has 2 aromatic carbocycles. The molecule has 5 heteroatoms. The summed E-state index contributed by atoms with van der Waals surface area (Å²) < 4.78 is 5.24. The third-order valence-electron chi connectivity index (χ3n) is 5.79. The van der Waals surface area contributed by atoms with Gasteiger partial charge in [0, 0.05) is 36.8 Å². The van der Waals surface area contributed by atoms with E-state index in [4.69, 9.17) is 9.72 Å². The maximum Gasteiger partial charge on any atom is 0.129 e. The molecule has 0 spiro atoms. The van der Waals surface area contributed by atoms with E-state index in [0.717, 1.165) is 54.4 Å². The predicted octanol–water partition coefficient (Wildman–Crippen LogP) is 4.42. The van der Waals surface area contributed by atoms with Gasteiger partial charge in [-0.05, 0) is 48.7 Å². The Labute approximate surface area is 176 Å². The zero-order valence-electron chi connectivity index (χ0n) is 17.0. The van der Waals surface area contributed by atoms with Gasteiger partial charge in [0.25, 0.3) is 0 Å². The number of anilines is 1. The lowest BCUT2D eigenvalue weighted by atomic mass is 9.92. The second-order valence-electron chi connectivity index (χ2n) is 7.70. The molecule has 0 bridgehead atoms. The monoisotopic (exact) mass is 396 g/mol. The second-order valence-corrected chi connectivity index (χ2v) is 7.70. The van der Waals surface area contributed by atoms with Gasteiger partial charge in [0.15, 0.2) is 0 Å².